The van der Waals surface area contributed by atoms with E-state index >= 15 is 0 Å². The maximum absolute atomic E-state index is 11.7. The van der Waals surface area contributed by atoms with Crippen molar-refractivity contribution in [3.8, 4) is 0 Å². The molecule has 0 amide bonds. The first-order valence-corrected chi connectivity index (χ1v) is 8.62. The average molecular weight is 348 g/mol. The van der Waals surface area contributed by atoms with E-state index in [2.05, 4.69) is 0 Å². The molecule has 1 aromatic carbocycles. The predicted molar refractivity (Wildman–Crippen MR) is 94.9 cm³/mol. The van der Waals surface area contributed by atoms with Crippen molar-refractivity contribution in [2.45, 2.75) is 51.8 Å². The molecule has 0 spiro atoms. The van der Waals surface area contributed by atoms with Gasteiger partial charge < -0.3 is 18.9 Å². The number of esters is 1. The highest BCUT2D eigenvalue weighted by Gasteiger charge is 2.45. The molecule has 1 aromatic rings. The van der Waals surface area contributed by atoms with E-state index in [0.717, 1.165) is 5.56 Å². The number of carbonyl (C=O) groups excluding carboxylic acids is 1. The monoisotopic (exact) mass is 348 g/mol. The summed E-state index contributed by atoms with van der Waals surface area (Å²) in [5, 5.41) is 0. The number of benzene rings is 1. The van der Waals surface area contributed by atoms with E-state index in [4.69, 9.17) is 18.9 Å². The lowest BCUT2D eigenvalue weighted by molar-refractivity contribution is -0.156. The Labute approximate surface area is 149 Å². The van der Waals surface area contributed by atoms with Crippen molar-refractivity contribution in [3.63, 3.8) is 0 Å². The van der Waals surface area contributed by atoms with Gasteiger partial charge in [-0.15, -0.1) is 0 Å². The van der Waals surface area contributed by atoms with Crippen LogP contribution in [-0.2, 0) is 30.3 Å². The van der Waals surface area contributed by atoms with E-state index in [0.29, 0.717) is 13.2 Å². The number of allylic oxidation sites excluding steroid dienone is 1. The molecule has 1 aliphatic heterocycles. The molecule has 0 unspecified atom stereocenters. The van der Waals surface area contributed by atoms with Crippen molar-refractivity contribution in [3.05, 3.63) is 48.0 Å². The van der Waals surface area contributed by atoms with Crippen LogP contribution in [0.2, 0.25) is 0 Å². The second-order valence-corrected chi connectivity index (χ2v) is 6.61. The molecule has 5 heteroatoms. The molecule has 1 saturated heterocycles. The molecule has 1 fully saturated rings. The lowest BCUT2D eigenvalue weighted by Crippen LogP contribution is -2.35. The Balaban J connectivity index is 2.01. The maximum Gasteiger partial charge on any atom is 0.306 e. The van der Waals surface area contributed by atoms with E-state index in [-0.39, 0.29) is 30.5 Å². The van der Waals surface area contributed by atoms with Gasteiger partial charge in [-0.05, 0) is 26.3 Å². The van der Waals surface area contributed by atoms with Crippen LogP contribution in [0.4, 0.5) is 0 Å². The van der Waals surface area contributed by atoms with Crippen LogP contribution in [0.25, 0.3) is 0 Å². The van der Waals surface area contributed by atoms with Crippen molar-refractivity contribution < 1.29 is 23.7 Å². The van der Waals surface area contributed by atoms with Gasteiger partial charge in [0, 0.05) is 5.92 Å². The van der Waals surface area contributed by atoms with Crippen LogP contribution in [0.5, 0.6) is 0 Å². The van der Waals surface area contributed by atoms with Crippen LogP contribution in [0, 0.1) is 5.92 Å². The zero-order valence-corrected chi connectivity index (χ0v) is 15.4. The molecule has 1 heterocycles. The first kappa shape index (κ1) is 19.6. The SMILES string of the molecule is C/C=C/[C@@H](CC(=O)OC)[C@@H]1OC(C)(C)O[C@H]1COCc1ccccc1. The van der Waals surface area contributed by atoms with Gasteiger partial charge in [0.25, 0.3) is 0 Å². The number of carbonyl (C=O) groups is 1. The summed E-state index contributed by atoms with van der Waals surface area (Å²) in [5.41, 5.74) is 1.11. The van der Waals surface area contributed by atoms with Crippen LogP contribution in [0.3, 0.4) is 0 Å². The zero-order valence-electron chi connectivity index (χ0n) is 15.4. The molecule has 0 bridgehead atoms. The normalized spacial score (nSPS) is 23.7. The molecule has 3 atom stereocenters. The molecular weight excluding hydrogens is 320 g/mol. The van der Waals surface area contributed by atoms with Gasteiger partial charge in [0.15, 0.2) is 5.79 Å². The minimum atomic E-state index is -0.707. The highest BCUT2D eigenvalue weighted by atomic mass is 16.8. The second kappa shape index (κ2) is 9.13. The molecule has 0 aromatic heterocycles. The summed E-state index contributed by atoms with van der Waals surface area (Å²) < 4.78 is 22.7. The van der Waals surface area contributed by atoms with Gasteiger partial charge in [-0.2, -0.15) is 0 Å². The van der Waals surface area contributed by atoms with E-state index in [1.54, 1.807) is 0 Å². The first-order valence-electron chi connectivity index (χ1n) is 8.62. The molecule has 25 heavy (non-hydrogen) atoms. The highest BCUT2D eigenvalue weighted by molar-refractivity contribution is 5.69. The third-order valence-corrected chi connectivity index (χ3v) is 4.11. The van der Waals surface area contributed by atoms with Gasteiger partial charge >= 0.3 is 5.97 Å². The largest absolute Gasteiger partial charge is 0.469 e. The van der Waals surface area contributed by atoms with Gasteiger partial charge in [0.1, 0.15) is 6.10 Å². The van der Waals surface area contributed by atoms with Gasteiger partial charge in [-0.3, -0.25) is 4.79 Å². The summed E-state index contributed by atoms with van der Waals surface area (Å²) in [6.45, 7) is 6.59. The fourth-order valence-electron chi connectivity index (χ4n) is 3.04. The third kappa shape index (κ3) is 5.96. The Kier molecular flexibility index (Phi) is 7.17. The molecule has 2 rings (SSSR count). The number of rotatable bonds is 8. The van der Waals surface area contributed by atoms with Crippen LogP contribution in [0.1, 0.15) is 32.8 Å². The predicted octanol–water partition coefficient (Wildman–Crippen LogP) is 3.48. The molecule has 0 N–H and O–H groups in total. The summed E-state index contributed by atoms with van der Waals surface area (Å²) >= 11 is 0. The maximum atomic E-state index is 11.7. The highest BCUT2D eigenvalue weighted by Crippen LogP contribution is 2.34. The molecule has 5 nitrogen and oxygen atoms in total. The van der Waals surface area contributed by atoms with Crippen molar-refractivity contribution in [2.75, 3.05) is 13.7 Å². The lowest BCUT2D eigenvalue weighted by atomic mass is 9.94. The smallest absolute Gasteiger partial charge is 0.306 e. The molecule has 1 aliphatic rings. The standard InChI is InChI=1S/C20H28O5/c1-5-9-16(12-18(21)22-4)19-17(24-20(2,3)25-19)14-23-13-15-10-7-6-8-11-15/h5-11,16-17,19H,12-14H2,1-4H3/b9-5+/t16-,17-,19-/m0/s1. The Hall–Kier alpha value is -1.69. The number of hydrogen-bond donors (Lipinski definition) is 0. The quantitative estimate of drug-likeness (QED) is 0.532. The molecule has 0 aliphatic carbocycles. The van der Waals surface area contributed by atoms with E-state index in [1.807, 2.05) is 63.3 Å². The Morgan fingerprint density at radius 1 is 1.28 bits per heavy atom. The average Bonchev–Trinajstić information content (AvgIpc) is 2.90. The summed E-state index contributed by atoms with van der Waals surface area (Å²) in [7, 11) is 1.39. The summed E-state index contributed by atoms with van der Waals surface area (Å²) in [4.78, 5) is 11.7. The first-order chi connectivity index (χ1) is 11.9. The zero-order chi connectivity index (χ0) is 18.3. The van der Waals surface area contributed by atoms with Crippen molar-refractivity contribution in [2.24, 2.45) is 5.92 Å². The topological polar surface area (TPSA) is 54.0 Å². The molecular formula is C20H28O5. The summed E-state index contributed by atoms with van der Waals surface area (Å²) in [6.07, 6.45) is 3.63. The molecule has 0 radical (unpaired) electrons. The Bertz CT molecular complexity index is 567. The Morgan fingerprint density at radius 2 is 2.00 bits per heavy atom. The third-order valence-electron chi connectivity index (χ3n) is 4.11. The van der Waals surface area contributed by atoms with Gasteiger partial charge in [0.2, 0.25) is 0 Å². The van der Waals surface area contributed by atoms with Gasteiger partial charge in [-0.25, -0.2) is 0 Å². The van der Waals surface area contributed by atoms with Crippen molar-refractivity contribution >= 4 is 5.97 Å². The molecule has 0 saturated carbocycles. The second-order valence-electron chi connectivity index (χ2n) is 6.61. The van der Waals surface area contributed by atoms with Gasteiger partial charge in [-0.1, -0.05) is 42.5 Å². The van der Waals surface area contributed by atoms with Crippen LogP contribution in [-0.4, -0.2) is 37.7 Å². The van der Waals surface area contributed by atoms with Crippen LogP contribution >= 0.6 is 0 Å². The van der Waals surface area contributed by atoms with Crippen molar-refractivity contribution in [1.82, 2.24) is 0 Å². The number of hydrogen-bond acceptors (Lipinski definition) is 5. The number of methoxy groups -OCH3 is 1. The summed E-state index contributed by atoms with van der Waals surface area (Å²) in [6, 6.07) is 9.99. The number of ether oxygens (including phenoxy) is 4. The Morgan fingerprint density at radius 3 is 2.64 bits per heavy atom. The fourth-order valence-corrected chi connectivity index (χ4v) is 3.04. The minimum Gasteiger partial charge on any atom is -0.469 e. The van der Waals surface area contributed by atoms with Crippen LogP contribution < -0.4 is 0 Å². The van der Waals surface area contributed by atoms with E-state index in [9.17, 15) is 4.79 Å². The fraction of sp³-hybridized carbons (Fsp3) is 0.550. The van der Waals surface area contributed by atoms with Crippen molar-refractivity contribution in [1.29, 1.82) is 0 Å². The van der Waals surface area contributed by atoms with Crippen LogP contribution in [0.15, 0.2) is 42.5 Å². The summed E-state index contributed by atoms with van der Waals surface area (Å²) in [5.74, 6) is -1.09. The van der Waals surface area contributed by atoms with Gasteiger partial charge in [0.05, 0.1) is 32.8 Å². The van der Waals surface area contributed by atoms with E-state index in [1.165, 1.54) is 7.11 Å². The minimum absolute atomic E-state index is 0.121. The lowest BCUT2D eigenvalue weighted by Gasteiger charge is -2.23. The molecule has 138 valence electrons. The van der Waals surface area contributed by atoms with E-state index < -0.39 is 5.79 Å².